The van der Waals surface area contributed by atoms with Gasteiger partial charge in [-0.05, 0) is 75.3 Å². The summed E-state index contributed by atoms with van der Waals surface area (Å²) in [5, 5.41) is 9.15. The summed E-state index contributed by atoms with van der Waals surface area (Å²) in [6.07, 6.45) is 7.52. The summed E-state index contributed by atoms with van der Waals surface area (Å²) in [7, 11) is 0. The average molecular weight is 435 g/mol. The zero-order valence-corrected chi connectivity index (χ0v) is 18.5. The zero-order chi connectivity index (χ0) is 22.1. The van der Waals surface area contributed by atoms with E-state index >= 15 is 0 Å². The standard InChI is InChI=1S/C25H30N4O3/c1-16-2-8-21-22(14-16)28-24(27-21)18-5-9-23(26-15-18)29-12-10-20(11-13-29)32-19-6-3-17(4-7-19)25(30)31/h2,5,8-9,14-15,17,19-20H,3-4,6-7,10-13H2,1H3,(H,27,28)(H,30,31). The van der Waals surface area contributed by atoms with Gasteiger partial charge in [-0.2, -0.15) is 0 Å². The number of aromatic nitrogens is 3. The Bertz CT molecular complexity index is 1080. The highest BCUT2D eigenvalue weighted by atomic mass is 16.5. The number of hydrogen-bond donors (Lipinski definition) is 2. The summed E-state index contributed by atoms with van der Waals surface area (Å²) in [6.45, 7) is 3.92. The predicted molar refractivity (Wildman–Crippen MR) is 124 cm³/mol. The number of piperidine rings is 1. The number of carboxylic acid groups (broad SMARTS) is 1. The Kier molecular flexibility index (Phi) is 5.83. The van der Waals surface area contributed by atoms with E-state index in [-0.39, 0.29) is 18.1 Å². The lowest BCUT2D eigenvalue weighted by Crippen LogP contribution is -2.39. The van der Waals surface area contributed by atoms with E-state index in [2.05, 4.69) is 46.1 Å². The summed E-state index contributed by atoms with van der Waals surface area (Å²) in [5.41, 5.74) is 4.20. The molecule has 3 heterocycles. The second-order valence-electron chi connectivity index (χ2n) is 9.15. The third-order valence-electron chi connectivity index (χ3n) is 6.83. The molecule has 3 aromatic rings. The third-order valence-corrected chi connectivity index (χ3v) is 6.83. The number of aliphatic carboxylic acids is 1. The molecule has 1 saturated heterocycles. The van der Waals surface area contributed by atoms with Crippen molar-refractivity contribution in [3.8, 4) is 11.4 Å². The van der Waals surface area contributed by atoms with Crippen LogP contribution in [-0.4, -0.2) is 51.3 Å². The molecule has 5 rings (SSSR count). The maximum Gasteiger partial charge on any atom is 0.306 e. The van der Waals surface area contributed by atoms with E-state index in [9.17, 15) is 4.79 Å². The highest BCUT2D eigenvalue weighted by molar-refractivity contribution is 5.80. The van der Waals surface area contributed by atoms with Gasteiger partial charge < -0.3 is 19.7 Å². The number of pyridine rings is 1. The van der Waals surface area contributed by atoms with Crippen molar-refractivity contribution < 1.29 is 14.6 Å². The van der Waals surface area contributed by atoms with Crippen LogP contribution in [0.25, 0.3) is 22.4 Å². The van der Waals surface area contributed by atoms with Crippen molar-refractivity contribution in [3.05, 3.63) is 42.1 Å². The second-order valence-corrected chi connectivity index (χ2v) is 9.15. The molecule has 7 heteroatoms. The van der Waals surface area contributed by atoms with Crippen LogP contribution < -0.4 is 4.90 Å². The number of ether oxygens (including phenoxy) is 1. The van der Waals surface area contributed by atoms with Crippen LogP contribution in [0.1, 0.15) is 44.1 Å². The van der Waals surface area contributed by atoms with E-state index in [1.165, 1.54) is 5.56 Å². The molecule has 1 saturated carbocycles. The topological polar surface area (TPSA) is 91.3 Å². The van der Waals surface area contributed by atoms with Crippen LogP contribution in [0.4, 0.5) is 5.82 Å². The third kappa shape index (κ3) is 4.48. The van der Waals surface area contributed by atoms with Gasteiger partial charge in [0.25, 0.3) is 0 Å². The van der Waals surface area contributed by atoms with Gasteiger partial charge in [0.05, 0.1) is 29.2 Å². The minimum atomic E-state index is -0.661. The number of fused-ring (bicyclic) bond motifs is 1. The predicted octanol–water partition coefficient (Wildman–Crippen LogP) is 4.56. The molecule has 1 aromatic carbocycles. The molecule has 0 bridgehead atoms. The van der Waals surface area contributed by atoms with Crippen LogP contribution in [0, 0.1) is 12.8 Å². The number of nitrogens with zero attached hydrogens (tertiary/aromatic N) is 3. The SMILES string of the molecule is Cc1ccc2nc(-c3ccc(N4CCC(OC5CCC(C(=O)O)CC5)CC4)nc3)[nH]c2c1. The molecule has 32 heavy (non-hydrogen) atoms. The van der Waals surface area contributed by atoms with E-state index in [1.54, 1.807) is 0 Å². The molecule has 2 aromatic heterocycles. The van der Waals surface area contributed by atoms with Crippen LogP contribution in [0.2, 0.25) is 0 Å². The Balaban J connectivity index is 1.15. The lowest BCUT2D eigenvalue weighted by molar-refractivity contribution is -0.144. The summed E-state index contributed by atoms with van der Waals surface area (Å²) in [6, 6.07) is 10.4. The Morgan fingerprint density at radius 2 is 1.81 bits per heavy atom. The molecule has 7 nitrogen and oxygen atoms in total. The summed E-state index contributed by atoms with van der Waals surface area (Å²) in [4.78, 5) is 26.2. The highest BCUT2D eigenvalue weighted by Gasteiger charge is 2.29. The number of carboxylic acids is 1. The first-order chi connectivity index (χ1) is 15.5. The normalized spacial score (nSPS) is 22.3. The summed E-state index contributed by atoms with van der Waals surface area (Å²) >= 11 is 0. The molecular formula is C25H30N4O3. The fourth-order valence-corrected chi connectivity index (χ4v) is 4.91. The van der Waals surface area contributed by atoms with Crippen molar-refractivity contribution in [1.82, 2.24) is 15.0 Å². The molecule has 0 amide bonds. The van der Waals surface area contributed by atoms with Gasteiger partial charge in [-0.3, -0.25) is 4.79 Å². The van der Waals surface area contributed by atoms with Crippen LogP contribution >= 0.6 is 0 Å². The Morgan fingerprint density at radius 3 is 2.50 bits per heavy atom. The van der Waals surface area contributed by atoms with E-state index in [4.69, 9.17) is 14.8 Å². The first-order valence-electron chi connectivity index (χ1n) is 11.6. The Morgan fingerprint density at radius 1 is 1.06 bits per heavy atom. The van der Waals surface area contributed by atoms with Gasteiger partial charge in [-0.15, -0.1) is 0 Å². The van der Waals surface area contributed by atoms with Crippen molar-refractivity contribution >= 4 is 22.8 Å². The average Bonchev–Trinajstić information content (AvgIpc) is 3.23. The van der Waals surface area contributed by atoms with Crippen LogP contribution in [0.15, 0.2) is 36.5 Å². The Hall–Kier alpha value is -2.93. The fraction of sp³-hybridized carbons (Fsp3) is 0.480. The quantitative estimate of drug-likeness (QED) is 0.612. The monoisotopic (exact) mass is 434 g/mol. The molecule has 2 N–H and O–H groups in total. The van der Waals surface area contributed by atoms with Crippen molar-refractivity contribution in [1.29, 1.82) is 0 Å². The number of aromatic amines is 1. The van der Waals surface area contributed by atoms with E-state index < -0.39 is 5.97 Å². The molecule has 168 valence electrons. The first kappa shape index (κ1) is 20.9. The van der Waals surface area contributed by atoms with Gasteiger partial charge in [-0.1, -0.05) is 6.07 Å². The second kappa shape index (κ2) is 8.90. The van der Waals surface area contributed by atoms with Gasteiger partial charge >= 0.3 is 5.97 Å². The molecule has 1 aliphatic carbocycles. The fourth-order valence-electron chi connectivity index (χ4n) is 4.91. The van der Waals surface area contributed by atoms with Gasteiger partial charge in [0, 0.05) is 24.8 Å². The maximum atomic E-state index is 11.1. The largest absolute Gasteiger partial charge is 0.481 e. The number of imidazole rings is 1. The van der Waals surface area contributed by atoms with E-state index in [0.29, 0.717) is 0 Å². The van der Waals surface area contributed by atoms with Crippen LogP contribution in [-0.2, 0) is 9.53 Å². The molecule has 1 aliphatic heterocycles. The summed E-state index contributed by atoms with van der Waals surface area (Å²) in [5.74, 6) is 0.982. The number of anilines is 1. The van der Waals surface area contributed by atoms with Gasteiger partial charge in [0.15, 0.2) is 0 Å². The number of aryl methyl sites for hydroxylation is 1. The number of rotatable bonds is 5. The Labute approximate surface area is 187 Å². The molecule has 2 fully saturated rings. The first-order valence-corrected chi connectivity index (χ1v) is 11.6. The number of hydrogen-bond acceptors (Lipinski definition) is 5. The van der Waals surface area contributed by atoms with Crippen molar-refractivity contribution in [2.75, 3.05) is 18.0 Å². The van der Waals surface area contributed by atoms with Crippen molar-refractivity contribution in [2.45, 2.75) is 57.7 Å². The summed E-state index contributed by atoms with van der Waals surface area (Å²) < 4.78 is 6.31. The van der Waals surface area contributed by atoms with Gasteiger partial charge in [0.1, 0.15) is 11.6 Å². The highest BCUT2D eigenvalue weighted by Crippen LogP contribution is 2.30. The molecule has 2 aliphatic rings. The molecule has 0 spiro atoms. The van der Waals surface area contributed by atoms with Crippen LogP contribution in [0.3, 0.4) is 0 Å². The van der Waals surface area contributed by atoms with E-state index in [1.807, 2.05) is 12.3 Å². The number of nitrogens with one attached hydrogen (secondary N) is 1. The van der Waals surface area contributed by atoms with Crippen molar-refractivity contribution in [3.63, 3.8) is 0 Å². The molecule has 0 unspecified atom stereocenters. The smallest absolute Gasteiger partial charge is 0.306 e. The maximum absolute atomic E-state index is 11.1. The molecule has 0 radical (unpaired) electrons. The lowest BCUT2D eigenvalue weighted by Gasteiger charge is -2.36. The molecular weight excluding hydrogens is 404 g/mol. The number of carbonyl (C=O) groups is 1. The number of benzene rings is 1. The minimum absolute atomic E-state index is 0.186. The van der Waals surface area contributed by atoms with Crippen molar-refractivity contribution in [2.24, 2.45) is 5.92 Å². The van der Waals surface area contributed by atoms with Gasteiger partial charge in [0.2, 0.25) is 0 Å². The zero-order valence-electron chi connectivity index (χ0n) is 18.5. The van der Waals surface area contributed by atoms with E-state index in [0.717, 1.165) is 79.9 Å². The lowest BCUT2D eigenvalue weighted by atomic mass is 9.87. The minimum Gasteiger partial charge on any atom is -0.481 e. The van der Waals surface area contributed by atoms with Gasteiger partial charge in [-0.25, -0.2) is 9.97 Å². The van der Waals surface area contributed by atoms with Crippen LogP contribution in [0.5, 0.6) is 0 Å². The molecule has 0 atom stereocenters. The number of H-pyrrole nitrogens is 1.